The van der Waals surface area contributed by atoms with Gasteiger partial charge in [0.15, 0.2) is 5.67 Å². The maximum atomic E-state index is 15.3. The van der Waals surface area contributed by atoms with E-state index >= 15 is 8.78 Å². The fraction of sp³-hybridized carbons (Fsp3) is 0.875. The lowest BCUT2D eigenvalue weighted by Gasteiger charge is -2.32. The molecule has 3 heterocycles. The van der Waals surface area contributed by atoms with Crippen molar-refractivity contribution in [3.05, 3.63) is 0 Å². The normalized spacial score (nSPS) is 33.0. The Hall–Kier alpha value is -1.33. The Bertz CT molecular complexity index is 728. The fourth-order valence-electron chi connectivity index (χ4n) is 4.18. The second kappa shape index (κ2) is 6.93. The number of carbonyl (C=O) groups excluding carboxylic acids is 2. The number of sulfonamides is 1. The van der Waals surface area contributed by atoms with Gasteiger partial charge in [-0.15, -0.1) is 0 Å². The molecule has 0 unspecified atom stereocenters. The number of hydrogen-bond donors (Lipinski definition) is 0. The molecule has 0 radical (unpaired) electrons. The minimum atomic E-state index is -3.32. The van der Waals surface area contributed by atoms with Gasteiger partial charge in [-0.1, -0.05) is 0 Å². The zero-order valence-electron chi connectivity index (χ0n) is 15.5. The van der Waals surface area contributed by atoms with Crippen molar-refractivity contribution in [2.24, 2.45) is 5.92 Å². The summed E-state index contributed by atoms with van der Waals surface area (Å²) < 4.78 is 59.8. The number of rotatable bonds is 5. The Kier molecular flexibility index (Phi) is 5.23. The molecule has 3 rings (SSSR count). The molecule has 3 fully saturated rings. The van der Waals surface area contributed by atoms with E-state index in [1.165, 1.54) is 11.4 Å². The van der Waals surface area contributed by atoms with Crippen LogP contribution in [0.15, 0.2) is 0 Å². The predicted octanol–water partition coefficient (Wildman–Crippen LogP) is -0.595. The van der Waals surface area contributed by atoms with Crippen LogP contribution < -0.4 is 0 Å². The highest BCUT2D eigenvalue weighted by atomic mass is 32.2. The van der Waals surface area contributed by atoms with Crippen LogP contribution in [0, 0.1) is 5.92 Å². The minimum Gasteiger partial charge on any atom is -0.383 e. The maximum absolute atomic E-state index is 15.3. The molecule has 3 aliphatic rings. The number of amides is 2. The first-order valence-electron chi connectivity index (χ1n) is 8.92. The van der Waals surface area contributed by atoms with Gasteiger partial charge in [-0.25, -0.2) is 21.5 Å². The first kappa shape index (κ1) is 20.4. The number of carbonyl (C=O) groups is 2. The molecular weight excluding hydrogens is 384 g/mol. The van der Waals surface area contributed by atoms with Gasteiger partial charge >= 0.3 is 0 Å². The van der Waals surface area contributed by atoms with E-state index in [9.17, 15) is 18.0 Å². The zero-order chi connectivity index (χ0) is 20.0. The summed E-state index contributed by atoms with van der Waals surface area (Å²) in [4.78, 5) is 27.3. The molecule has 0 bridgehead atoms. The van der Waals surface area contributed by atoms with Crippen LogP contribution in [-0.2, 0) is 24.3 Å². The second-order valence-corrected chi connectivity index (χ2v) is 9.60. The molecule has 3 aliphatic heterocycles. The van der Waals surface area contributed by atoms with Gasteiger partial charge in [0.2, 0.25) is 21.6 Å². The van der Waals surface area contributed by atoms with E-state index in [2.05, 4.69) is 0 Å². The van der Waals surface area contributed by atoms with Crippen molar-refractivity contribution in [1.29, 1.82) is 0 Å². The van der Waals surface area contributed by atoms with Crippen molar-refractivity contribution in [2.45, 2.75) is 24.2 Å². The van der Waals surface area contributed by atoms with Crippen molar-refractivity contribution in [3.8, 4) is 0 Å². The third-order valence-corrected chi connectivity index (χ3v) is 7.08. The van der Waals surface area contributed by atoms with E-state index in [-0.39, 0.29) is 26.2 Å². The summed E-state index contributed by atoms with van der Waals surface area (Å²) in [5.74, 6) is -1.85. The quantitative estimate of drug-likeness (QED) is 0.606. The van der Waals surface area contributed by atoms with Gasteiger partial charge in [-0.2, -0.15) is 0 Å². The lowest BCUT2D eigenvalue weighted by Crippen LogP contribution is -2.48. The molecule has 27 heavy (non-hydrogen) atoms. The van der Waals surface area contributed by atoms with Crippen LogP contribution in [0.3, 0.4) is 0 Å². The minimum absolute atomic E-state index is 0.102. The largest absolute Gasteiger partial charge is 0.383 e. The number of hydrogen-bond acceptors (Lipinski definition) is 5. The van der Waals surface area contributed by atoms with E-state index in [4.69, 9.17) is 4.74 Å². The standard InChI is InChI=1S/C16H25F2N3O5S/c1-26-8-7-19-9-15(17)10-20(11-16(15,18)14(19)23)13(22)12-3-5-21(6-4-12)27(2,24)25/h12H,3-11H2,1-2H3/t15-,16-/m1/s1. The Morgan fingerprint density at radius 3 is 2.37 bits per heavy atom. The lowest BCUT2D eigenvalue weighted by molar-refractivity contribution is -0.141. The van der Waals surface area contributed by atoms with Gasteiger partial charge in [0.1, 0.15) is 0 Å². The molecule has 2 amide bonds. The Morgan fingerprint density at radius 2 is 1.85 bits per heavy atom. The van der Waals surface area contributed by atoms with Crippen LogP contribution in [0.25, 0.3) is 0 Å². The third-order valence-electron chi connectivity index (χ3n) is 5.78. The number of fused-ring (bicyclic) bond motifs is 1. The highest BCUT2D eigenvalue weighted by Crippen LogP contribution is 2.46. The van der Waals surface area contributed by atoms with Crippen LogP contribution in [0.1, 0.15) is 12.8 Å². The molecule has 8 nitrogen and oxygen atoms in total. The van der Waals surface area contributed by atoms with Crippen LogP contribution in [-0.4, -0.2) is 105 Å². The number of likely N-dealkylation sites (tertiary alicyclic amines) is 2. The van der Waals surface area contributed by atoms with Gasteiger partial charge in [0.25, 0.3) is 5.91 Å². The van der Waals surface area contributed by atoms with Crippen LogP contribution in [0.4, 0.5) is 8.78 Å². The SMILES string of the molecule is COCCN1C[C@@]2(F)CN(C(=O)C3CCN(S(C)(=O)=O)CC3)C[C@@]2(F)C1=O. The molecule has 0 spiro atoms. The zero-order valence-corrected chi connectivity index (χ0v) is 16.3. The van der Waals surface area contributed by atoms with Crippen molar-refractivity contribution >= 4 is 21.8 Å². The molecule has 2 atom stereocenters. The molecule has 0 aromatic rings. The summed E-state index contributed by atoms with van der Waals surface area (Å²) in [7, 11) is -1.88. The molecule has 0 aromatic carbocycles. The van der Waals surface area contributed by atoms with Gasteiger partial charge in [-0.3, -0.25) is 9.59 Å². The summed E-state index contributed by atoms with van der Waals surface area (Å²) in [6, 6.07) is 0. The molecular formula is C16H25F2N3O5S. The number of nitrogens with zero attached hydrogens (tertiary/aromatic N) is 3. The number of methoxy groups -OCH3 is 1. The Balaban J connectivity index is 1.65. The van der Waals surface area contributed by atoms with E-state index in [1.54, 1.807) is 0 Å². The van der Waals surface area contributed by atoms with Crippen LogP contribution in [0.5, 0.6) is 0 Å². The summed E-state index contributed by atoms with van der Waals surface area (Å²) in [6.07, 6.45) is 1.71. The molecule has 3 saturated heterocycles. The summed E-state index contributed by atoms with van der Waals surface area (Å²) in [5, 5.41) is 0. The number of alkyl halides is 2. The molecule has 0 saturated carbocycles. The van der Waals surface area contributed by atoms with E-state index < -0.39 is 58.7 Å². The Morgan fingerprint density at radius 1 is 1.22 bits per heavy atom. The van der Waals surface area contributed by atoms with Crippen LogP contribution >= 0.6 is 0 Å². The van der Waals surface area contributed by atoms with Crippen molar-refractivity contribution in [2.75, 3.05) is 59.2 Å². The van der Waals surface area contributed by atoms with Crippen molar-refractivity contribution in [3.63, 3.8) is 0 Å². The predicted molar refractivity (Wildman–Crippen MR) is 91.9 cm³/mol. The van der Waals surface area contributed by atoms with E-state index in [0.717, 1.165) is 16.1 Å². The average Bonchev–Trinajstić information content (AvgIpc) is 2.97. The average molecular weight is 409 g/mol. The molecule has 154 valence electrons. The molecule has 0 N–H and O–H groups in total. The third kappa shape index (κ3) is 3.44. The van der Waals surface area contributed by atoms with Gasteiger partial charge in [0, 0.05) is 32.7 Å². The van der Waals surface area contributed by atoms with Crippen LogP contribution in [0.2, 0.25) is 0 Å². The summed E-state index contributed by atoms with van der Waals surface area (Å²) in [5.41, 5.74) is -5.16. The maximum Gasteiger partial charge on any atom is 0.265 e. The Labute approximate surface area is 157 Å². The fourth-order valence-corrected chi connectivity index (χ4v) is 5.05. The summed E-state index contributed by atoms with van der Waals surface area (Å²) in [6.45, 7) is -0.782. The van der Waals surface area contributed by atoms with Gasteiger partial charge in [-0.05, 0) is 12.8 Å². The smallest absolute Gasteiger partial charge is 0.265 e. The highest BCUT2D eigenvalue weighted by molar-refractivity contribution is 7.88. The molecule has 0 aliphatic carbocycles. The van der Waals surface area contributed by atoms with E-state index in [0.29, 0.717) is 12.8 Å². The highest BCUT2D eigenvalue weighted by Gasteiger charge is 2.71. The lowest BCUT2D eigenvalue weighted by atomic mass is 9.93. The first-order valence-corrected chi connectivity index (χ1v) is 10.8. The van der Waals surface area contributed by atoms with Gasteiger partial charge in [0.05, 0.1) is 32.5 Å². The number of halogens is 2. The van der Waals surface area contributed by atoms with Crippen molar-refractivity contribution < 1.29 is 31.5 Å². The van der Waals surface area contributed by atoms with E-state index in [1.807, 2.05) is 0 Å². The number of ether oxygens (including phenoxy) is 1. The van der Waals surface area contributed by atoms with Crippen molar-refractivity contribution in [1.82, 2.24) is 14.1 Å². The first-order chi connectivity index (χ1) is 12.5. The van der Waals surface area contributed by atoms with Gasteiger partial charge < -0.3 is 14.5 Å². The second-order valence-electron chi connectivity index (χ2n) is 7.62. The molecule has 0 aromatic heterocycles. The monoisotopic (exact) mass is 409 g/mol. The summed E-state index contributed by atoms with van der Waals surface area (Å²) >= 11 is 0. The number of piperidine rings is 1. The molecule has 11 heteroatoms. The topological polar surface area (TPSA) is 87.2 Å².